The molecular formula is C18H38NO2+. The first-order chi connectivity index (χ1) is 10.2. The number of aliphatic hydroxyl groups is 2. The van der Waals surface area contributed by atoms with Crippen LogP contribution in [0.25, 0.3) is 0 Å². The molecular weight excluding hydrogens is 262 g/mol. The van der Waals surface area contributed by atoms with Gasteiger partial charge in [0.1, 0.15) is 12.1 Å². The molecule has 0 aromatic carbocycles. The number of hydrogen-bond donors (Lipinski definition) is 3. The second-order valence-corrected chi connectivity index (χ2v) is 6.19. The van der Waals surface area contributed by atoms with Crippen LogP contribution in [-0.2, 0) is 0 Å². The van der Waals surface area contributed by atoms with Gasteiger partial charge in [-0.05, 0) is 12.8 Å². The van der Waals surface area contributed by atoms with Gasteiger partial charge < -0.3 is 15.9 Å². The van der Waals surface area contributed by atoms with E-state index in [0.717, 1.165) is 6.42 Å². The van der Waals surface area contributed by atoms with Gasteiger partial charge in [-0.1, -0.05) is 83.3 Å². The molecule has 0 aromatic heterocycles. The minimum atomic E-state index is -0.609. The summed E-state index contributed by atoms with van der Waals surface area (Å²) in [6, 6.07) is -0.307. The molecule has 3 heteroatoms. The Balaban J connectivity index is 3.20. The summed E-state index contributed by atoms with van der Waals surface area (Å²) >= 11 is 0. The fourth-order valence-electron chi connectivity index (χ4n) is 2.43. The third kappa shape index (κ3) is 14.3. The molecule has 0 fully saturated rings. The van der Waals surface area contributed by atoms with Crippen LogP contribution in [0.1, 0.15) is 84.0 Å². The van der Waals surface area contributed by atoms with Crippen molar-refractivity contribution in [3.8, 4) is 0 Å². The molecule has 5 N–H and O–H groups in total. The maximum Gasteiger partial charge on any atom is 0.138 e. The largest absolute Gasteiger partial charge is 0.390 e. The van der Waals surface area contributed by atoms with Crippen LogP contribution >= 0.6 is 0 Å². The lowest BCUT2D eigenvalue weighted by atomic mass is 10.0. The number of allylic oxidation sites excluding steroid dienone is 1. The van der Waals surface area contributed by atoms with E-state index in [0.29, 0.717) is 0 Å². The molecule has 21 heavy (non-hydrogen) atoms. The minimum Gasteiger partial charge on any atom is -0.390 e. The van der Waals surface area contributed by atoms with Crippen molar-refractivity contribution in [1.29, 1.82) is 0 Å². The highest BCUT2D eigenvalue weighted by molar-refractivity contribution is 4.91. The predicted molar refractivity (Wildman–Crippen MR) is 90.0 cm³/mol. The summed E-state index contributed by atoms with van der Waals surface area (Å²) in [4.78, 5) is 0. The molecule has 0 rings (SSSR count). The Labute approximate surface area is 131 Å². The molecule has 0 saturated carbocycles. The Hall–Kier alpha value is -0.380. The van der Waals surface area contributed by atoms with Crippen LogP contribution in [0.5, 0.6) is 0 Å². The van der Waals surface area contributed by atoms with Crippen LogP contribution in [0.3, 0.4) is 0 Å². The average Bonchev–Trinajstić information content (AvgIpc) is 2.50. The topological polar surface area (TPSA) is 68.1 Å². The third-order valence-electron chi connectivity index (χ3n) is 4.03. The quantitative estimate of drug-likeness (QED) is 0.321. The molecule has 0 bridgehead atoms. The molecule has 126 valence electrons. The average molecular weight is 301 g/mol. The first kappa shape index (κ1) is 20.6. The highest BCUT2D eigenvalue weighted by Gasteiger charge is 2.12. The highest BCUT2D eigenvalue weighted by atomic mass is 16.3. The van der Waals surface area contributed by atoms with Gasteiger partial charge in [-0.2, -0.15) is 0 Å². The molecule has 0 aliphatic rings. The van der Waals surface area contributed by atoms with E-state index >= 15 is 0 Å². The van der Waals surface area contributed by atoms with Crippen LogP contribution in [0.4, 0.5) is 0 Å². The van der Waals surface area contributed by atoms with Gasteiger partial charge in [-0.15, -0.1) is 0 Å². The Kier molecular flexibility index (Phi) is 15.7. The second kappa shape index (κ2) is 16.0. The van der Waals surface area contributed by atoms with E-state index in [4.69, 9.17) is 5.11 Å². The first-order valence-corrected chi connectivity index (χ1v) is 9.01. The van der Waals surface area contributed by atoms with E-state index in [1.54, 1.807) is 6.08 Å². The van der Waals surface area contributed by atoms with E-state index in [1.165, 1.54) is 70.6 Å². The van der Waals surface area contributed by atoms with Gasteiger partial charge in [0.05, 0.1) is 6.61 Å². The van der Waals surface area contributed by atoms with Crippen LogP contribution in [0.15, 0.2) is 12.2 Å². The zero-order chi connectivity index (χ0) is 15.8. The van der Waals surface area contributed by atoms with E-state index < -0.39 is 6.10 Å². The van der Waals surface area contributed by atoms with Crippen molar-refractivity contribution in [2.75, 3.05) is 6.61 Å². The SMILES string of the molecule is CCCCCCCCCCCCC/C=C/C(O)C([NH3+])CO. The summed E-state index contributed by atoms with van der Waals surface area (Å²) in [5.41, 5.74) is 3.69. The van der Waals surface area contributed by atoms with Gasteiger partial charge in [0.25, 0.3) is 0 Å². The Bertz CT molecular complexity index is 231. The van der Waals surface area contributed by atoms with Crippen LogP contribution in [0, 0.1) is 0 Å². The fraction of sp³-hybridized carbons (Fsp3) is 0.889. The van der Waals surface area contributed by atoms with Crippen molar-refractivity contribution in [2.45, 2.75) is 96.1 Å². The first-order valence-electron chi connectivity index (χ1n) is 9.01. The van der Waals surface area contributed by atoms with Crippen LogP contribution in [0.2, 0.25) is 0 Å². The van der Waals surface area contributed by atoms with Crippen molar-refractivity contribution in [2.24, 2.45) is 0 Å². The molecule has 0 aromatic rings. The number of hydrogen-bond acceptors (Lipinski definition) is 2. The van der Waals surface area contributed by atoms with Gasteiger partial charge >= 0.3 is 0 Å². The van der Waals surface area contributed by atoms with Crippen molar-refractivity contribution in [3.63, 3.8) is 0 Å². The maximum atomic E-state index is 9.59. The van der Waals surface area contributed by atoms with Gasteiger partial charge in [-0.25, -0.2) is 0 Å². The Morgan fingerprint density at radius 1 is 0.857 bits per heavy atom. The summed E-state index contributed by atoms with van der Waals surface area (Å²) in [5.74, 6) is 0. The molecule has 2 atom stereocenters. The second-order valence-electron chi connectivity index (χ2n) is 6.19. The van der Waals surface area contributed by atoms with E-state index in [-0.39, 0.29) is 12.6 Å². The van der Waals surface area contributed by atoms with Crippen molar-refractivity contribution >= 4 is 0 Å². The molecule has 0 spiro atoms. The minimum absolute atomic E-state index is 0.0655. The number of rotatable bonds is 15. The highest BCUT2D eigenvalue weighted by Crippen LogP contribution is 2.12. The van der Waals surface area contributed by atoms with Gasteiger partial charge in [0.2, 0.25) is 0 Å². The molecule has 2 unspecified atom stereocenters. The van der Waals surface area contributed by atoms with Gasteiger partial charge in [0.15, 0.2) is 0 Å². The van der Waals surface area contributed by atoms with Crippen molar-refractivity contribution in [1.82, 2.24) is 0 Å². The molecule has 0 amide bonds. The monoisotopic (exact) mass is 300 g/mol. The van der Waals surface area contributed by atoms with Crippen LogP contribution in [-0.4, -0.2) is 29.0 Å². The summed E-state index contributed by atoms with van der Waals surface area (Å²) in [5, 5.41) is 18.4. The molecule has 3 nitrogen and oxygen atoms in total. The third-order valence-corrected chi connectivity index (χ3v) is 4.03. The number of aliphatic hydroxyl groups excluding tert-OH is 2. The summed E-state index contributed by atoms with van der Waals surface area (Å²) in [7, 11) is 0. The zero-order valence-electron chi connectivity index (χ0n) is 14.1. The smallest absolute Gasteiger partial charge is 0.138 e. The van der Waals surface area contributed by atoms with Gasteiger partial charge in [-0.3, -0.25) is 0 Å². The molecule has 0 aliphatic carbocycles. The summed E-state index contributed by atoms with van der Waals surface area (Å²) in [6.07, 6.45) is 19.2. The lowest BCUT2D eigenvalue weighted by Gasteiger charge is -2.08. The van der Waals surface area contributed by atoms with Gasteiger partial charge in [0, 0.05) is 0 Å². The molecule has 0 heterocycles. The number of quaternary nitrogens is 1. The number of unbranched alkanes of at least 4 members (excludes halogenated alkanes) is 11. The lowest BCUT2D eigenvalue weighted by molar-refractivity contribution is -0.438. The van der Waals surface area contributed by atoms with E-state index in [1.807, 2.05) is 6.08 Å². The molecule has 0 radical (unpaired) electrons. The van der Waals surface area contributed by atoms with Crippen LogP contribution < -0.4 is 5.73 Å². The standard InChI is InChI=1S/C18H37NO2/c1-2-3-4-5-6-7-8-9-10-11-12-13-14-15-18(21)17(19)16-20/h14-15,17-18,20-21H,2-13,16,19H2,1H3/p+1/b15-14+. The Morgan fingerprint density at radius 3 is 1.81 bits per heavy atom. The molecule has 0 aliphatic heterocycles. The Morgan fingerprint density at radius 2 is 1.33 bits per heavy atom. The van der Waals surface area contributed by atoms with Crippen molar-refractivity contribution in [3.05, 3.63) is 12.2 Å². The summed E-state index contributed by atoms with van der Waals surface area (Å²) in [6.45, 7) is 2.20. The fourth-order valence-corrected chi connectivity index (χ4v) is 2.43. The maximum absolute atomic E-state index is 9.59. The summed E-state index contributed by atoms with van der Waals surface area (Å²) < 4.78 is 0. The van der Waals surface area contributed by atoms with E-state index in [2.05, 4.69) is 12.7 Å². The molecule has 0 saturated heterocycles. The zero-order valence-corrected chi connectivity index (χ0v) is 14.1. The lowest BCUT2D eigenvalue weighted by Crippen LogP contribution is -2.67. The van der Waals surface area contributed by atoms with Crippen molar-refractivity contribution < 1.29 is 15.9 Å². The van der Waals surface area contributed by atoms with E-state index in [9.17, 15) is 5.11 Å². The predicted octanol–water partition coefficient (Wildman–Crippen LogP) is 3.21. The normalized spacial score (nSPS) is 14.7.